The second-order valence-corrected chi connectivity index (χ2v) is 9.42. The first-order valence-corrected chi connectivity index (χ1v) is 11.9. The smallest absolute Gasteiger partial charge is 0.342 e. The number of aromatic nitrogens is 3. The van der Waals surface area contributed by atoms with Crippen molar-refractivity contribution in [3.8, 4) is 17.1 Å². The minimum atomic E-state index is -4.58. The molecule has 1 aliphatic rings. The third-order valence-corrected chi connectivity index (χ3v) is 6.65. The zero-order chi connectivity index (χ0) is 23.6. The zero-order valence-electron chi connectivity index (χ0n) is 17.8. The molecule has 1 fully saturated rings. The number of halogens is 4. The van der Waals surface area contributed by atoms with Crippen molar-refractivity contribution >= 4 is 29.3 Å². The van der Waals surface area contributed by atoms with E-state index >= 15 is 0 Å². The highest BCUT2D eigenvalue weighted by molar-refractivity contribution is 7.99. The van der Waals surface area contributed by atoms with Crippen LogP contribution in [0.3, 0.4) is 0 Å². The number of benzene rings is 2. The summed E-state index contributed by atoms with van der Waals surface area (Å²) in [4.78, 5) is 14.6. The Labute approximate surface area is 198 Å². The largest absolute Gasteiger partial charge is 0.418 e. The summed E-state index contributed by atoms with van der Waals surface area (Å²) >= 11 is 7.19. The summed E-state index contributed by atoms with van der Waals surface area (Å²) in [5.41, 5.74) is -0.396. The molecule has 2 heterocycles. The number of hydrogen-bond acceptors (Lipinski definition) is 4. The molecule has 0 spiro atoms. The first kappa shape index (κ1) is 23.6. The Morgan fingerprint density at radius 3 is 2.70 bits per heavy atom. The Balaban J connectivity index is 1.72. The number of thioether (sulfide) groups is 1. The number of hydrogen-bond donors (Lipinski definition) is 0. The van der Waals surface area contributed by atoms with Gasteiger partial charge in [-0.1, -0.05) is 54.6 Å². The molecule has 1 atom stereocenters. The van der Waals surface area contributed by atoms with E-state index in [1.165, 1.54) is 22.8 Å². The summed E-state index contributed by atoms with van der Waals surface area (Å²) in [5.74, 6) is 0.656. The number of likely N-dealkylation sites (tertiary alicyclic amines) is 1. The van der Waals surface area contributed by atoms with Crippen molar-refractivity contribution in [3.05, 3.63) is 59.1 Å². The molecule has 4 rings (SSSR count). The van der Waals surface area contributed by atoms with Gasteiger partial charge in [-0.05, 0) is 43.0 Å². The maximum Gasteiger partial charge on any atom is 0.418 e. The van der Waals surface area contributed by atoms with E-state index in [9.17, 15) is 18.0 Å². The van der Waals surface area contributed by atoms with Crippen LogP contribution in [0.15, 0.2) is 53.7 Å². The monoisotopic (exact) mass is 494 g/mol. The number of carbonyl (C=O) groups is 1. The predicted octanol–water partition coefficient (Wildman–Crippen LogP) is 5.96. The summed E-state index contributed by atoms with van der Waals surface area (Å²) in [6.07, 6.45) is -2.54. The van der Waals surface area contributed by atoms with Crippen molar-refractivity contribution in [3.63, 3.8) is 0 Å². The van der Waals surface area contributed by atoms with E-state index in [4.69, 9.17) is 11.6 Å². The van der Waals surface area contributed by atoms with Crippen LogP contribution in [-0.4, -0.2) is 44.4 Å². The molecule has 0 aliphatic carbocycles. The van der Waals surface area contributed by atoms with Gasteiger partial charge in [0.25, 0.3) is 0 Å². The lowest BCUT2D eigenvalue weighted by molar-refractivity contribution is -0.137. The van der Waals surface area contributed by atoms with Crippen LogP contribution in [-0.2, 0) is 11.0 Å². The second-order valence-electron chi connectivity index (χ2n) is 8.04. The molecule has 1 saturated heterocycles. The summed E-state index contributed by atoms with van der Waals surface area (Å²) in [7, 11) is 0. The van der Waals surface area contributed by atoms with Gasteiger partial charge in [0, 0.05) is 23.7 Å². The van der Waals surface area contributed by atoms with Crippen molar-refractivity contribution < 1.29 is 18.0 Å². The fraction of sp³-hybridized carbons (Fsp3) is 0.348. The minimum Gasteiger partial charge on any atom is -0.342 e. The van der Waals surface area contributed by atoms with Crippen molar-refractivity contribution in [2.45, 2.75) is 31.1 Å². The SMILES string of the molecule is C[C@@H]1CCCN(C(=O)CSc2nnc(-c3cccc(Cl)c3)n2-c2ccccc2C(F)(F)F)C1. The summed E-state index contributed by atoms with van der Waals surface area (Å²) < 4.78 is 42.8. The van der Waals surface area contributed by atoms with E-state index in [1.54, 1.807) is 24.3 Å². The molecule has 33 heavy (non-hydrogen) atoms. The topological polar surface area (TPSA) is 51.0 Å². The Hall–Kier alpha value is -2.52. The van der Waals surface area contributed by atoms with Gasteiger partial charge in [-0.25, -0.2) is 0 Å². The Morgan fingerprint density at radius 1 is 1.18 bits per heavy atom. The molecule has 1 aromatic heterocycles. The Morgan fingerprint density at radius 2 is 1.97 bits per heavy atom. The number of alkyl halides is 3. The molecule has 10 heteroatoms. The number of piperidine rings is 1. The first-order valence-electron chi connectivity index (χ1n) is 10.5. The van der Waals surface area contributed by atoms with Gasteiger partial charge in [0.15, 0.2) is 11.0 Å². The molecule has 2 aromatic carbocycles. The molecule has 3 aromatic rings. The number of para-hydroxylation sites is 1. The highest BCUT2D eigenvalue weighted by Gasteiger charge is 2.35. The van der Waals surface area contributed by atoms with Gasteiger partial charge < -0.3 is 4.90 Å². The zero-order valence-corrected chi connectivity index (χ0v) is 19.4. The third kappa shape index (κ3) is 5.35. The van der Waals surface area contributed by atoms with Crippen LogP contribution in [0.2, 0.25) is 5.02 Å². The van der Waals surface area contributed by atoms with E-state index in [0.717, 1.165) is 30.7 Å². The first-order chi connectivity index (χ1) is 15.7. The van der Waals surface area contributed by atoms with Gasteiger partial charge in [-0.2, -0.15) is 13.2 Å². The lowest BCUT2D eigenvalue weighted by Gasteiger charge is -2.30. The highest BCUT2D eigenvalue weighted by Crippen LogP contribution is 2.37. The third-order valence-electron chi connectivity index (χ3n) is 5.50. The van der Waals surface area contributed by atoms with Crippen LogP contribution in [0.1, 0.15) is 25.3 Å². The second kappa shape index (κ2) is 9.77. The summed E-state index contributed by atoms with van der Waals surface area (Å²) in [5, 5.41) is 8.95. The van der Waals surface area contributed by atoms with E-state index < -0.39 is 11.7 Å². The lowest BCUT2D eigenvalue weighted by atomic mass is 10.0. The normalized spacial score (nSPS) is 16.8. The molecule has 0 radical (unpaired) electrons. The Kier molecular flexibility index (Phi) is 6.99. The number of nitrogens with zero attached hydrogens (tertiary/aromatic N) is 4. The van der Waals surface area contributed by atoms with Crippen molar-refractivity contribution in [1.82, 2.24) is 19.7 Å². The van der Waals surface area contributed by atoms with Crippen LogP contribution >= 0.6 is 23.4 Å². The highest BCUT2D eigenvalue weighted by atomic mass is 35.5. The van der Waals surface area contributed by atoms with Crippen LogP contribution in [0.4, 0.5) is 13.2 Å². The maximum absolute atomic E-state index is 13.8. The van der Waals surface area contributed by atoms with Gasteiger partial charge >= 0.3 is 6.18 Å². The van der Waals surface area contributed by atoms with Gasteiger partial charge in [0.05, 0.1) is 17.0 Å². The average molecular weight is 495 g/mol. The fourth-order valence-electron chi connectivity index (χ4n) is 3.94. The molecule has 0 N–H and O–H groups in total. The van der Waals surface area contributed by atoms with E-state index in [1.807, 2.05) is 4.90 Å². The molecule has 0 unspecified atom stereocenters. The summed E-state index contributed by atoms with van der Waals surface area (Å²) in [6.45, 7) is 3.49. The van der Waals surface area contributed by atoms with Crippen LogP contribution in [0, 0.1) is 5.92 Å². The molecular formula is C23H22ClF3N4OS. The Bertz CT molecular complexity index is 1150. The van der Waals surface area contributed by atoms with E-state index in [2.05, 4.69) is 17.1 Å². The molecule has 174 valence electrons. The van der Waals surface area contributed by atoms with E-state index in [-0.39, 0.29) is 28.3 Å². The average Bonchev–Trinajstić information content (AvgIpc) is 3.21. The maximum atomic E-state index is 13.8. The fourth-order valence-corrected chi connectivity index (χ4v) is 4.97. The van der Waals surface area contributed by atoms with E-state index in [0.29, 0.717) is 29.6 Å². The standard InChI is InChI=1S/C23H22ClF3N4OS/c1-15-6-5-11-30(13-15)20(32)14-33-22-29-28-21(16-7-4-8-17(24)12-16)31(22)19-10-3-2-9-18(19)23(25,26)27/h2-4,7-10,12,15H,5-6,11,13-14H2,1H3/t15-/m1/s1. The van der Waals surface area contributed by atoms with Gasteiger partial charge in [0.2, 0.25) is 5.91 Å². The molecule has 1 aliphatic heterocycles. The molecule has 1 amide bonds. The number of amides is 1. The number of rotatable bonds is 5. The minimum absolute atomic E-state index is 0.0606. The van der Waals surface area contributed by atoms with Crippen molar-refractivity contribution in [2.75, 3.05) is 18.8 Å². The van der Waals surface area contributed by atoms with Crippen LogP contribution in [0.5, 0.6) is 0 Å². The van der Waals surface area contributed by atoms with Crippen LogP contribution in [0.25, 0.3) is 17.1 Å². The van der Waals surface area contributed by atoms with Crippen molar-refractivity contribution in [2.24, 2.45) is 5.92 Å². The quantitative estimate of drug-likeness (QED) is 0.411. The molecule has 0 saturated carbocycles. The molecule has 5 nitrogen and oxygen atoms in total. The number of carbonyl (C=O) groups excluding carboxylic acids is 1. The van der Waals surface area contributed by atoms with Crippen LogP contribution < -0.4 is 0 Å². The predicted molar refractivity (Wildman–Crippen MR) is 123 cm³/mol. The van der Waals surface area contributed by atoms with Gasteiger partial charge in [-0.15, -0.1) is 10.2 Å². The van der Waals surface area contributed by atoms with Gasteiger partial charge in [0.1, 0.15) is 0 Å². The van der Waals surface area contributed by atoms with Crippen molar-refractivity contribution in [1.29, 1.82) is 0 Å². The molecular weight excluding hydrogens is 473 g/mol. The summed E-state index contributed by atoms with van der Waals surface area (Å²) in [6, 6.07) is 11.9. The van der Waals surface area contributed by atoms with Gasteiger partial charge in [-0.3, -0.25) is 9.36 Å². The lowest BCUT2D eigenvalue weighted by Crippen LogP contribution is -2.40. The molecule has 0 bridgehead atoms.